The lowest BCUT2D eigenvalue weighted by Gasteiger charge is -2.38. The Bertz CT molecular complexity index is 975. The normalized spacial score (nSPS) is 15.6. The Balaban J connectivity index is 1.59. The lowest BCUT2D eigenvalue weighted by atomic mass is 10.0. The maximum atomic E-state index is 13.1. The van der Waals surface area contributed by atoms with E-state index in [0.29, 0.717) is 25.3 Å². The molecule has 5 nitrogen and oxygen atoms in total. The molecule has 29 heavy (non-hydrogen) atoms. The summed E-state index contributed by atoms with van der Waals surface area (Å²) in [5.41, 5.74) is 3.59. The molecule has 1 amide bonds. The molecule has 1 unspecified atom stereocenters. The summed E-state index contributed by atoms with van der Waals surface area (Å²) in [7, 11) is 1.64. The highest BCUT2D eigenvalue weighted by molar-refractivity contribution is 6.01. The van der Waals surface area contributed by atoms with Crippen LogP contribution in [-0.4, -0.2) is 31.1 Å². The van der Waals surface area contributed by atoms with Gasteiger partial charge in [0.15, 0.2) is 0 Å². The van der Waals surface area contributed by atoms with E-state index < -0.39 is 0 Å². The van der Waals surface area contributed by atoms with Crippen molar-refractivity contribution in [1.82, 2.24) is 4.90 Å². The summed E-state index contributed by atoms with van der Waals surface area (Å²) in [6.45, 7) is 1.46. The number of rotatable bonds is 7. The van der Waals surface area contributed by atoms with Crippen molar-refractivity contribution in [2.24, 2.45) is 0 Å². The van der Waals surface area contributed by atoms with Crippen LogP contribution < -0.4 is 10.1 Å². The predicted octanol–water partition coefficient (Wildman–Crippen LogP) is 4.48. The molecule has 0 bridgehead atoms. The Morgan fingerprint density at radius 1 is 0.966 bits per heavy atom. The summed E-state index contributed by atoms with van der Waals surface area (Å²) in [6, 6.07) is 25.5. The van der Waals surface area contributed by atoms with Gasteiger partial charge in [0.1, 0.15) is 18.5 Å². The summed E-state index contributed by atoms with van der Waals surface area (Å²) in [4.78, 5) is 14.9. The van der Waals surface area contributed by atoms with Gasteiger partial charge in [0.05, 0.1) is 12.2 Å². The van der Waals surface area contributed by atoms with E-state index in [1.165, 1.54) is 0 Å². The third kappa shape index (κ3) is 4.25. The second-order valence-electron chi connectivity index (χ2n) is 6.93. The van der Waals surface area contributed by atoms with Crippen molar-refractivity contribution in [3.05, 3.63) is 95.6 Å². The molecule has 1 aliphatic rings. The van der Waals surface area contributed by atoms with Crippen LogP contribution in [0.3, 0.4) is 0 Å². The first kappa shape index (κ1) is 19.0. The van der Waals surface area contributed by atoms with Gasteiger partial charge in [0.2, 0.25) is 0 Å². The van der Waals surface area contributed by atoms with Crippen molar-refractivity contribution in [2.75, 3.05) is 25.6 Å². The van der Waals surface area contributed by atoms with Crippen LogP contribution >= 0.6 is 0 Å². The zero-order chi connectivity index (χ0) is 20.1. The van der Waals surface area contributed by atoms with Gasteiger partial charge < -0.3 is 19.7 Å². The number of nitrogens with zero attached hydrogens (tertiary/aromatic N) is 1. The monoisotopic (exact) mass is 388 g/mol. The quantitative estimate of drug-likeness (QED) is 0.648. The van der Waals surface area contributed by atoms with Crippen LogP contribution in [0.5, 0.6) is 5.75 Å². The second-order valence-corrected chi connectivity index (χ2v) is 6.93. The van der Waals surface area contributed by atoms with Crippen LogP contribution in [0, 0.1) is 0 Å². The van der Waals surface area contributed by atoms with Crippen molar-refractivity contribution in [1.29, 1.82) is 0 Å². The molecule has 0 aromatic heterocycles. The molecule has 0 spiro atoms. The van der Waals surface area contributed by atoms with Crippen LogP contribution in [-0.2, 0) is 11.3 Å². The molecule has 3 aromatic carbocycles. The minimum absolute atomic E-state index is 0.00277. The Hall–Kier alpha value is -3.31. The Labute approximate surface area is 170 Å². The van der Waals surface area contributed by atoms with Gasteiger partial charge in [-0.3, -0.25) is 4.79 Å². The number of carbonyl (C=O) groups excluding carboxylic acids is 1. The fraction of sp³-hybridized carbons (Fsp3) is 0.208. The highest BCUT2D eigenvalue weighted by Crippen LogP contribution is 2.34. The number of nitrogens with one attached hydrogen (secondary N) is 1. The lowest BCUT2D eigenvalue weighted by molar-refractivity contribution is 0.0609. The zero-order valence-corrected chi connectivity index (χ0v) is 16.4. The summed E-state index contributed by atoms with van der Waals surface area (Å²) >= 11 is 0. The molecular formula is C24H24N2O3. The zero-order valence-electron chi connectivity index (χ0n) is 16.4. The standard InChI is InChI=1S/C24H24N2O3/c1-28-15-14-26-23(25-22-13-6-5-12-21(22)24(26)27)19-10-7-11-20(16-19)29-17-18-8-3-2-4-9-18/h2-13,16,23,25H,14-15,17H2,1H3. The minimum Gasteiger partial charge on any atom is -0.489 e. The molecule has 4 rings (SSSR count). The number of carbonyl (C=O) groups is 1. The van der Waals surface area contributed by atoms with E-state index in [-0.39, 0.29) is 12.1 Å². The van der Waals surface area contributed by atoms with E-state index in [1.807, 2.05) is 83.8 Å². The number of para-hydroxylation sites is 1. The third-order valence-corrected chi connectivity index (χ3v) is 4.98. The van der Waals surface area contributed by atoms with E-state index in [2.05, 4.69) is 5.32 Å². The first-order valence-corrected chi connectivity index (χ1v) is 9.68. The van der Waals surface area contributed by atoms with Gasteiger partial charge in [-0.25, -0.2) is 0 Å². The van der Waals surface area contributed by atoms with Gasteiger partial charge in [-0.1, -0.05) is 54.6 Å². The fourth-order valence-electron chi connectivity index (χ4n) is 3.49. The highest BCUT2D eigenvalue weighted by Gasteiger charge is 2.32. The van der Waals surface area contributed by atoms with Crippen LogP contribution in [0.15, 0.2) is 78.9 Å². The average molecular weight is 388 g/mol. The third-order valence-electron chi connectivity index (χ3n) is 4.98. The molecule has 1 atom stereocenters. The maximum Gasteiger partial charge on any atom is 0.257 e. The predicted molar refractivity (Wildman–Crippen MR) is 113 cm³/mol. The van der Waals surface area contributed by atoms with Crippen LogP contribution in [0.2, 0.25) is 0 Å². The van der Waals surface area contributed by atoms with Crippen LogP contribution in [0.4, 0.5) is 5.69 Å². The van der Waals surface area contributed by atoms with E-state index in [0.717, 1.165) is 22.6 Å². The van der Waals surface area contributed by atoms with Crippen molar-refractivity contribution in [3.8, 4) is 5.75 Å². The van der Waals surface area contributed by atoms with Crippen molar-refractivity contribution >= 4 is 11.6 Å². The van der Waals surface area contributed by atoms with Gasteiger partial charge in [0, 0.05) is 19.3 Å². The topological polar surface area (TPSA) is 50.8 Å². The molecule has 1 heterocycles. The molecule has 1 N–H and O–H groups in total. The number of amides is 1. The second kappa shape index (κ2) is 8.80. The summed E-state index contributed by atoms with van der Waals surface area (Å²) in [5, 5.41) is 3.50. The van der Waals surface area contributed by atoms with Gasteiger partial charge in [-0.05, 0) is 35.4 Å². The van der Waals surface area contributed by atoms with Gasteiger partial charge in [-0.2, -0.15) is 0 Å². The van der Waals surface area contributed by atoms with E-state index in [4.69, 9.17) is 9.47 Å². The molecule has 0 radical (unpaired) electrons. The molecule has 0 saturated carbocycles. The highest BCUT2D eigenvalue weighted by atomic mass is 16.5. The Kier molecular flexibility index (Phi) is 5.77. The van der Waals surface area contributed by atoms with E-state index >= 15 is 0 Å². The van der Waals surface area contributed by atoms with Crippen molar-refractivity contribution in [3.63, 3.8) is 0 Å². The number of hydrogen-bond donors (Lipinski definition) is 1. The maximum absolute atomic E-state index is 13.1. The SMILES string of the molecule is COCCN1C(=O)c2ccccc2NC1c1cccc(OCc2ccccc2)c1. The number of benzene rings is 3. The average Bonchev–Trinajstić information content (AvgIpc) is 2.78. The van der Waals surface area contributed by atoms with Gasteiger partial charge in [0.25, 0.3) is 5.91 Å². The number of ether oxygens (including phenoxy) is 2. The summed E-state index contributed by atoms with van der Waals surface area (Å²) < 4.78 is 11.2. The first-order chi connectivity index (χ1) is 14.3. The molecule has 148 valence electrons. The summed E-state index contributed by atoms with van der Waals surface area (Å²) in [5.74, 6) is 0.767. The lowest BCUT2D eigenvalue weighted by Crippen LogP contribution is -2.44. The number of fused-ring (bicyclic) bond motifs is 1. The van der Waals surface area contributed by atoms with Crippen molar-refractivity contribution < 1.29 is 14.3 Å². The summed E-state index contributed by atoms with van der Waals surface area (Å²) in [6.07, 6.45) is -0.284. The van der Waals surface area contributed by atoms with E-state index in [9.17, 15) is 4.79 Å². The fourth-order valence-corrected chi connectivity index (χ4v) is 3.49. The molecular weight excluding hydrogens is 364 g/mol. The molecule has 0 aliphatic carbocycles. The minimum atomic E-state index is -0.284. The Morgan fingerprint density at radius 2 is 1.76 bits per heavy atom. The molecule has 0 saturated heterocycles. The van der Waals surface area contributed by atoms with Crippen molar-refractivity contribution in [2.45, 2.75) is 12.8 Å². The molecule has 3 aromatic rings. The number of hydrogen-bond acceptors (Lipinski definition) is 4. The molecule has 5 heteroatoms. The van der Waals surface area contributed by atoms with Crippen LogP contribution in [0.25, 0.3) is 0 Å². The largest absolute Gasteiger partial charge is 0.489 e. The Morgan fingerprint density at radius 3 is 2.59 bits per heavy atom. The number of methoxy groups -OCH3 is 1. The molecule has 0 fully saturated rings. The van der Waals surface area contributed by atoms with Gasteiger partial charge in [-0.15, -0.1) is 0 Å². The van der Waals surface area contributed by atoms with E-state index in [1.54, 1.807) is 7.11 Å². The number of anilines is 1. The smallest absolute Gasteiger partial charge is 0.257 e. The van der Waals surface area contributed by atoms with Crippen LogP contribution in [0.1, 0.15) is 27.7 Å². The van der Waals surface area contributed by atoms with Gasteiger partial charge >= 0.3 is 0 Å². The first-order valence-electron chi connectivity index (χ1n) is 9.68. The molecule has 1 aliphatic heterocycles.